The molecule has 4 N–H and O–H groups in total. The van der Waals surface area contributed by atoms with E-state index in [2.05, 4.69) is 40.0 Å². The smallest absolute Gasteiger partial charge is 0.407 e. The average molecular weight is 836 g/mol. The summed E-state index contributed by atoms with van der Waals surface area (Å²) in [4.78, 5) is 69.8. The Morgan fingerprint density at radius 3 is 1.58 bits per heavy atom. The predicted octanol–water partition coefficient (Wildman–Crippen LogP) is 5.63. The lowest BCUT2D eigenvalue weighted by molar-refractivity contribution is -0.134. The number of nitrogens with one attached hydrogen (secondary N) is 4. The number of imidazole rings is 2. The Kier molecular flexibility index (Phi) is 10.8. The monoisotopic (exact) mass is 835 g/mol. The maximum atomic E-state index is 14.6. The third kappa shape index (κ3) is 7.31. The van der Waals surface area contributed by atoms with Crippen molar-refractivity contribution in [3.8, 4) is 22.5 Å². The van der Waals surface area contributed by atoms with Crippen LogP contribution in [0.15, 0.2) is 84.0 Å². The van der Waals surface area contributed by atoms with E-state index in [0.29, 0.717) is 71.1 Å². The first-order valence-corrected chi connectivity index (χ1v) is 21.1. The molecule has 18 heteroatoms. The zero-order valence-corrected chi connectivity index (χ0v) is 34.3. The van der Waals surface area contributed by atoms with E-state index in [1.54, 1.807) is 66.4 Å². The van der Waals surface area contributed by atoms with Crippen molar-refractivity contribution in [3.63, 3.8) is 0 Å². The van der Waals surface area contributed by atoms with Gasteiger partial charge >= 0.3 is 12.2 Å². The summed E-state index contributed by atoms with van der Waals surface area (Å²) in [5.74, 6) is 0.664. The highest BCUT2D eigenvalue weighted by Gasteiger charge is 2.36. The molecule has 17 nitrogen and oxygen atoms in total. The number of rotatable bonds is 10. The van der Waals surface area contributed by atoms with Crippen LogP contribution < -0.4 is 10.6 Å². The molecule has 3 aromatic carbocycles. The van der Waals surface area contributed by atoms with Crippen molar-refractivity contribution in [1.29, 1.82) is 0 Å². The minimum atomic E-state index is -4.13. The maximum absolute atomic E-state index is 14.6. The molecule has 0 unspecified atom stereocenters. The predicted molar refractivity (Wildman–Crippen MR) is 221 cm³/mol. The fourth-order valence-corrected chi connectivity index (χ4v) is 9.84. The molecule has 0 spiro atoms. The second-order valence-corrected chi connectivity index (χ2v) is 16.8. The van der Waals surface area contributed by atoms with E-state index in [1.165, 1.54) is 18.2 Å². The zero-order chi connectivity index (χ0) is 42.3. The number of fused-ring (bicyclic) bond motifs is 3. The fraction of sp³-hybridized carbons (Fsp3) is 0.333. The Morgan fingerprint density at radius 1 is 0.700 bits per heavy atom. The average Bonchev–Trinajstić information content (AvgIpc) is 4.11. The van der Waals surface area contributed by atoms with Crippen LogP contribution in [0.2, 0.25) is 0 Å². The molecule has 0 saturated carbocycles. The molecular formula is C42H45N9O8S. The van der Waals surface area contributed by atoms with Gasteiger partial charge in [0.05, 0.1) is 66.0 Å². The molecule has 0 radical (unpaired) electrons. The first-order chi connectivity index (χ1) is 28.9. The first-order valence-electron chi connectivity index (χ1n) is 19.7. The molecule has 2 aliphatic rings. The summed E-state index contributed by atoms with van der Waals surface area (Å²) < 4.78 is 40.0. The Labute approximate surface area is 345 Å². The highest BCUT2D eigenvalue weighted by molar-refractivity contribution is 7.90. The molecule has 4 atom stereocenters. The Morgan fingerprint density at radius 2 is 1.15 bits per heavy atom. The number of amides is 4. The van der Waals surface area contributed by atoms with E-state index in [1.807, 2.05) is 36.4 Å². The van der Waals surface area contributed by atoms with E-state index in [4.69, 9.17) is 0 Å². The summed E-state index contributed by atoms with van der Waals surface area (Å²) >= 11 is 0. The lowest BCUT2D eigenvalue weighted by atomic mass is 10.1. The molecule has 2 aliphatic heterocycles. The Balaban J connectivity index is 1.15. The Bertz CT molecular complexity index is 2580. The van der Waals surface area contributed by atoms with Crippen LogP contribution in [-0.2, 0) is 29.1 Å². The lowest BCUT2D eigenvalue weighted by Gasteiger charge is -2.26. The van der Waals surface area contributed by atoms with E-state index < -0.39 is 34.3 Å². The van der Waals surface area contributed by atoms with Crippen molar-refractivity contribution < 1.29 is 37.1 Å². The van der Waals surface area contributed by atoms with Crippen LogP contribution in [0.1, 0.15) is 63.3 Å². The molecule has 0 bridgehead atoms. The van der Waals surface area contributed by atoms with Crippen LogP contribution in [0.25, 0.3) is 44.3 Å². The summed E-state index contributed by atoms with van der Waals surface area (Å²) in [7, 11) is -1.65. The molecular weight excluding hydrogens is 791 g/mol. The number of hydrogen-bond acceptors (Lipinski definition) is 10. The van der Waals surface area contributed by atoms with Crippen molar-refractivity contribution >= 4 is 55.8 Å². The Hall–Kier alpha value is -6.69. The third-order valence-electron chi connectivity index (χ3n) is 11.3. The summed E-state index contributed by atoms with van der Waals surface area (Å²) in [6.07, 6.45) is 4.85. The van der Waals surface area contributed by atoms with Crippen LogP contribution in [-0.4, -0.2) is 106 Å². The number of ether oxygens (including phenoxy) is 2. The number of carbonyl (C=O) groups excluding carboxylic acids is 4. The normalized spacial score (nSPS) is 17.8. The molecule has 60 heavy (non-hydrogen) atoms. The molecule has 6 aromatic rings. The van der Waals surface area contributed by atoms with Gasteiger partial charge in [0.2, 0.25) is 11.8 Å². The van der Waals surface area contributed by atoms with Crippen molar-refractivity contribution in [2.75, 3.05) is 27.3 Å². The summed E-state index contributed by atoms with van der Waals surface area (Å²) in [5.41, 5.74) is 3.58. The van der Waals surface area contributed by atoms with E-state index in [9.17, 15) is 27.6 Å². The lowest BCUT2D eigenvalue weighted by Crippen LogP contribution is -2.46. The minimum Gasteiger partial charge on any atom is -0.453 e. The maximum Gasteiger partial charge on any atom is 0.407 e. The number of methoxy groups -OCH3 is 2. The first kappa shape index (κ1) is 40.1. The zero-order valence-electron chi connectivity index (χ0n) is 33.5. The molecule has 3 aromatic heterocycles. The number of benzene rings is 3. The van der Waals surface area contributed by atoms with Crippen molar-refractivity contribution in [2.24, 2.45) is 0 Å². The highest BCUT2D eigenvalue weighted by atomic mass is 32.2. The van der Waals surface area contributed by atoms with Crippen molar-refractivity contribution in [1.82, 2.24) is 44.3 Å². The standard InChI is InChI=1S/C42H45N9O8S/c1-24(45-41(54)58-3)39(52)49-18-8-12-33(49)37-43-22-31(47-37)26-14-16-29-30-17-15-27(21-36(30)51(35(29)20-26)60(56,57)28-10-6-5-7-11-28)32-23-44-38(48-32)34-13-9-19-50(34)40(53)25(2)46-42(55)59-4/h5-7,10-11,14-17,20-25,33-34H,8-9,12-13,18-19H2,1-4H3,(H,43,47)(H,44,48)(H,45,54)(H,46,55)/t24-,25-,33-,34-/m0/s1. The second-order valence-electron chi connectivity index (χ2n) is 15.0. The minimum absolute atomic E-state index is 0.121. The van der Waals surface area contributed by atoms with Gasteiger partial charge in [-0.25, -0.2) is 31.9 Å². The van der Waals surface area contributed by atoms with Gasteiger partial charge in [-0.2, -0.15) is 0 Å². The number of carbonyl (C=O) groups is 4. The molecule has 2 saturated heterocycles. The van der Waals surface area contributed by atoms with Crippen LogP contribution in [0.5, 0.6) is 0 Å². The van der Waals surface area contributed by atoms with Gasteiger partial charge in [0.1, 0.15) is 23.7 Å². The van der Waals surface area contributed by atoms with E-state index in [0.717, 1.165) is 23.6 Å². The van der Waals surface area contributed by atoms with Crippen LogP contribution in [0, 0.1) is 0 Å². The molecule has 2 fully saturated rings. The number of aromatic nitrogens is 5. The number of alkyl carbamates (subject to hydrolysis) is 2. The summed E-state index contributed by atoms with van der Waals surface area (Å²) in [6.45, 7) is 4.23. The van der Waals surface area contributed by atoms with Crippen LogP contribution in [0.3, 0.4) is 0 Å². The molecule has 0 aliphatic carbocycles. The molecule has 312 valence electrons. The second kappa shape index (κ2) is 16.2. The van der Waals surface area contributed by atoms with Gasteiger partial charge < -0.3 is 39.9 Å². The van der Waals surface area contributed by atoms with E-state index in [-0.39, 0.29) is 28.8 Å². The van der Waals surface area contributed by atoms with Gasteiger partial charge in [-0.3, -0.25) is 9.59 Å². The molecule has 5 heterocycles. The number of H-pyrrole nitrogens is 2. The highest BCUT2D eigenvalue weighted by Crippen LogP contribution is 2.39. The van der Waals surface area contributed by atoms with E-state index >= 15 is 0 Å². The number of nitrogens with zero attached hydrogens (tertiary/aromatic N) is 5. The van der Waals surface area contributed by atoms with Gasteiger partial charge in [-0.1, -0.05) is 42.5 Å². The largest absolute Gasteiger partial charge is 0.453 e. The number of aromatic amines is 2. The van der Waals surface area contributed by atoms with Crippen molar-refractivity contribution in [3.05, 3.63) is 90.8 Å². The fourth-order valence-electron chi connectivity index (χ4n) is 8.30. The SMILES string of the molecule is COC(=O)N[C@@H](C)C(=O)N1CCC[C@H]1c1ncc(-c2ccc3c4ccc(-c5cnc([C@@H]6CCCN6C(=O)[C@H](C)NC(=O)OC)[nH]5)cc4n(S(=O)(=O)c4ccccc4)c3c2)[nH]1. The molecule has 4 amide bonds. The van der Waals surface area contributed by atoms with Gasteiger partial charge in [0, 0.05) is 35.0 Å². The quantitative estimate of drug-likeness (QED) is 0.134. The number of likely N-dealkylation sites (tertiary alicyclic amines) is 2. The van der Waals surface area contributed by atoms with Gasteiger partial charge in [0.25, 0.3) is 10.0 Å². The summed E-state index contributed by atoms with van der Waals surface area (Å²) in [5, 5.41) is 6.52. The summed E-state index contributed by atoms with van der Waals surface area (Å²) in [6, 6.07) is 17.2. The van der Waals surface area contributed by atoms with Crippen LogP contribution in [0.4, 0.5) is 9.59 Å². The number of hydrogen-bond donors (Lipinski definition) is 4. The van der Waals surface area contributed by atoms with Crippen molar-refractivity contribution in [2.45, 2.75) is 68.6 Å². The topological polar surface area (TPSA) is 214 Å². The third-order valence-corrected chi connectivity index (χ3v) is 13.0. The molecule has 8 rings (SSSR count). The van der Waals surface area contributed by atoms with Gasteiger partial charge in [-0.05, 0) is 63.8 Å². The van der Waals surface area contributed by atoms with Gasteiger partial charge in [-0.15, -0.1) is 0 Å². The van der Waals surface area contributed by atoms with Crippen LogP contribution >= 0.6 is 0 Å². The van der Waals surface area contributed by atoms with Gasteiger partial charge in [0.15, 0.2) is 0 Å².